The average molecular weight is 202 g/mol. The van der Waals surface area contributed by atoms with Gasteiger partial charge in [0.15, 0.2) is 0 Å². The summed E-state index contributed by atoms with van der Waals surface area (Å²) in [5, 5.41) is 16.9. The Bertz CT molecular complexity index is 259. The first-order valence-electron chi connectivity index (χ1n) is 4.07. The molecule has 0 saturated carbocycles. The number of carbonyl (C=O) groups is 2. The van der Waals surface area contributed by atoms with Crippen LogP contribution in [0.3, 0.4) is 0 Å². The van der Waals surface area contributed by atoms with Gasteiger partial charge < -0.3 is 10.2 Å². The highest BCUT2D eigenvalue weighted by Gasteiger charge is 2.30. The molecule has 2 unspecified atom stereocenters. The average Bonchev–Trinajstić information content (AvgIpc) is 2.15. The third kappa shape index (κ3) is 2.74. The Kier molecular flexibility index (Phi) is 3.47. The smallest absolute Gasteiger partial charge is 0.481 e. The molecule has 0 spiro atoms. The Labute approximate surface area is 79.7 Å². The molecule has 6 nitrogen and oxygen atoms in total. The maximum atomic E-state index is 10.7. The Morgan fingerprint density at radius 2 is 2.07 bits per heavy atom. The summed E-state index contributed by atoms with van der Waals surface area (Å²) in [7, 11) is 0. The van der Waals surface area contributed by atoms with Crippen molar-refractivity contribution >= 4 is 12.1 Å². The fourth-order valence-electron chi connectivity index (χ4n) is 1.26. The minimum atomic E-state index is -1.59. The van der Waals surface area contributed by atoms with Gasteiger partial charge in [-0.25, -0.2) is 4.79 Å². The molecule has 1 aliphatic rings. The highest BCUT2D eigenvalue weighted by Crippen LogP contribution is 2.21. The van der Waals surface area contributed by atoms with E-state index in [0.717, 1.165) is 0 Å². The Morgan fingerprint density at radius 3 is 2.64 bits per heavy atom. The molecular formula is C8H10O6. The molecule has 0 aromatic carbocycles. The van der Waals surface area contributed by atoms with E-state index >= 15 is 0 Å². The molecule has 0 aromatic rings. The number of rotatable bonds is 3. The lowest BCUT2D eigenvalue weighted by atomic mass is 9.92. The third-order valence-electron chi connectivity index (χ3n) is 1.91. The van der Waals surface area contributed by atoms with E-state index < -0.39 is 24.1 Å². The van der Waals surface area contributed by atoms with Gasteiger partial charge in [-0.1, -0.05) is 12.2 Å². The van der Waals surface area contributed by atoms with Gasteiger partial charge in [0.25, 0.3) is 0 Å². The Morgan fingerprint density at radius 1 is 1.36 bits per heavy atom. The first-order valence-corrected chi connectivity index (χ1v) is 4.07. The van der Waals surface area contributed by atoms with Crippen molar-refractivity contribution in [3.63, 3.8) is 0 Å². The molecular weight excluding hydrogens is 192 g/mol. The summed E-state index contributed by atoms with van der Waals surface area (Å²) in [5.41, 5.74) is 0. The van der Waals surface area contributed by atoms with Crippen LogP contribution < -0.4 is 0 Å². The molecule has 2 atom stereocenters. The summed E-state index contributed by atoms with van der Waals surface area (Å²) >= 11 is 0. The minimum absolute atomic E-state index is 0.416. The van der Waals surface area contributed by atoms with E-state index in [0.29, 0.717) is 12.8 Å². The molecule has 0 aliphatic heterocycles. The monoisotopic (exact) mass is 202 g/mol. The SMILES string of the molecule is O=C(O)OOC1C=CCCC1C(=O)O. The van der Waals surface area contributed by atoms with Gasteiger partial charge in [0.05, 0.1) is 5.92 Å². The molecule has 0 bridgehead atoms. The number of allylic oxidation sites excluding steroid dienone is 1. The summed E-state index contributed by atoms with van der Waals surface area (Å²) in [5.74, 6) is -1.77. The van der Waals surface area contributed by atoms with E-state index in [1.54, 1.807) is 6.08 Å². The van der Waals surface area contributed by atoms with E-state index in [9.17, 15) is 9.59 Å². The van der Waals surface area contributed by atoms with Crippen molar-refractivity contribution in [2.45, 2.75) is 18.9 Å². The van der Waals surface area contributed by atoms with Crippen LogP contribution in [-0.4, -0.2) is 28.4 Å². The van der Waals surface area contributed by atoms with Crippen molar-refractivity contribution < 1.29 is 29.6 Å². The van der Waals surface area contributed by atoms with E-state index in [1.807, 2.05) is 0 Å². The lowest BCUT2D eigenvalue weighted by Crippen LogP contribution is -2.31. The second-order valence-corrected chi connectivity index (χ2v) is 2.86. The molecule has 6 heteroatoms. The molecule has 1 rings (SSSR count). The molecule has 2 N–H and O–H groups in total. The second kappa shape index (κ2) is 4.61. The number of hydrogen-bond donors (Lipinski definition) is 2. The molecule has 0 heterocycles. The minimum Gasteiger partial charge on any atom is -0.481 e. The fourth-order valence-corrected chi connectivity index (χ4v) is 1.26. The van der Waals surface area contributed by atoms with Crippen LogP contribution in [0.1, 0.15) is 12.8 Å². The van der Waals surface area contributed by atoms with Crippen LogP contribution in [0.2, 0.25) is 0 Å². The zero-order valence-electron chi connectivity index (χ0n) is 7.25. The van der Waals surface area contributed by atoms with Crippen molar-refractivity contribution in [2.24, 2.45) is 5.92 Å². The van der Waals surface area contributed by atoms with Crippen LogP contribution in [0, 0.1) is 5.92 Å². The van der Waals surface area contributed by atoms with E-state index in [2.05, 4.69) is 9.78 Å². The molecule has 78 valence electrons. The van der Waals surface area contributed by atoms with Gasteiger partial charge in [0, 0.05) is 0 Å². The van der Waals surface area contributed by atoms with Gasteiger partial charge in [-0.2, -0.15) is 4.89 Å². The number of carboxylic acid groups (broad SMARTS) is 2. The van der Waals surface area contributed by atoms with Crippen LogP contribution >= 0.6 is 0 Å². The first kappa shape index (κ1) is 10.5. The number of aliphatic carboxylic acids is 1. The molecule has 0 radical (unpaired) electrons. The van der Waals surface area contributed by atoms with Gasteiger partial charge in [-0.15, -0.1) is 0 Å². The lowest BCUT2D eigenvalue weighted by Gasteiger charge is -2.21. The number of hydrogen-bond acceptors (Lipinski definition) is 4. The maximum absolute atomic E-state index is 10.7. The zero-order valence-corrected chi connectivity index (χ0v) is 7.25. The van der Waals surface area contributed by atoms with Crippen LogP contribution in [0.25, 0.3) is 0 Å². The van der Waals surface area contributed by atoms with Crippen LogP contribution in [0.5, 0.6) is 0 Å². The van der Waals surface area contributed by atoms with Gasteiger partial charge in [-0.05, 0) is 12.8 Å². The van der Waals surface area contributed by atoms with Crippen LogP contribution in [0.4, 0.5) is 4.79 Å². The summed E-state index contributed by atoms with van der Waals surface area (Å²) in [6.45, 7) is 0. The quantitative estimate of drug-likeness (QED) is 0.403. The predicted octanol–water partition coefficient (Wildman–Crippen LogP) is 1.03. The highest BCUT2D eigenvalue weighted by atomic mass is 17.2. The second-order valence-electron chi connectivity index (χ2n) is 2.86. The van der Waals surface area contributed by atoms with Crippen molar-refractivity contribution in [1.82, 2.24) is 0 Å². The summed E-state index contributed by atoms with van der Waals surface area (Å²) in [6, 6.07) is 0. The van der Waals surface area contributed by atoms with Crippen molar-refractivity contribution in [1.29, 1.82) is 0 Å². The molecule has 0 amide bonds. The highest BCUT2D eigenvalue weighted by molar-refractivity contribution is 5.71. The molecule has 0 fully saturated rings. The molecule has 0 saturated heterocycles. The number of carboxylic acids is 1. The largest absolute Gasteiger partial charge is 0.537 e. The topological polar surface area (TPSA) is 93.1 Å². The lowest BCUT2D eigenvalue weighted by molar-refractivity contribution is -0.282. The van der Waals surface area contributed by atoms with Gasteiger partial charge in [-0.3, -0.25) is 9.68 Å². The molecule has 14 heavy (non-hydrogen) atoms. The Balaban J connectivity index is 2.54. The summed E-state index contributed by atoms with van der Waals surface area (Å²) in [6.07, 6.45) is 1.86. The normalized spacial score (nSPS) is 25.7. The van der Waals surface area contributed by atoms with Crippen molar-refractivity contribution in [2.75, 3.05) is 0 Å². The maximum Gasteiger partial charge on any atom is 0.537 e. The van der Waals surface area contributed by atoms with Crippen molar-refractivity contribution in [3.05, 3.63) is 12.2 Å². The zero-order chi connectivity index (χ0) is 10.6. The van der Waals surface area contributed by atoms with Crippen molar-refractivity contribution in [3.8, 4) is 0 Å². The summed E-state index contributed by atoms with van der Waals surface area (Å²) < 4.78 is 0. The van der Waals surface area contributed by atoms with E-state index in [-0.39, 0.29) is 0 Å². The first-order chi connectivity index (χ1) is 6.61. The van der Waals surface area contributed by atoms with Gasteiger partial charge in [0.2, 0.25) is 0 Å². The van der Waals surface area contributed by atoms with Crippen LogP contribution in [-0.2, 0) is 14.6 Å². The molecule has 0 aromatic heterocycles. The van der Waals surface area contributed by atoms with Gasteiger partial charge >= 0.3 is 12.1 Å². The fraction of sp³-hybridized carbons (Fsp3) is 0.500. The standard InChI is InChI=1S/C8H10O6/c9-7(10)5-3-1-2-4-6(5)13-14-8(11)12/h2,4-6H,1,3H2,(H,9,10)(H,11,12). The van der Waals surface area contributed by atoms with Gasteiger partial charge in [0.1, 0.15) is 6.10 Å². The summed E-state index contributed by atoms with van der Waals surface area (Å²) in [4.78, 5) is 29.0. The predicted molar refractivity (Wildman–Crippen MR) is 43.5 cm³/mol. The third-order valence-corrected chi connectivity index (χ3v) is 1.91. The van der Waals surface area contributed by atoms with E-state index in [4.69, 9.17) is 10.2 Å². The molecule has 1 aliphatic carbocycles. The van der Waals surface area contributed by atoms with E-state index in [1.165, 1.54) is 6.08 Å². The van der Waals surface area contributed by atoms with Crippen LogP contribution in [0.15, 0.2) is 12.2 Å². The Hall–Kier alpha value is -1.56.